The molecule has 1 aromatic heterocycles. The molecule has 1 amide bonds. The van der Waals surface area contributed by atoms with Crippen LogP contribution in [0.1, 0.15) is 16.1 Å². The fourth-order valence-electron chi connectivity index (χ4n) is 3.46. The van der Waals surface area contributed by atoms with Crippen LogP contribution in [0, 0.1) is 6.92 Å². The van der Waals surface area contributed by atoms with E-state index in [2.05, 4.69) is 16.8 Å². The van der Waals surface area contributed by atoms with Gasteiger partial charge in [-0.15, -0.1) is 0 Å². The van der Waals surface area contributed by atoms with Crippen molar-refractivity contribution in [1.29, 1.82) is 0 Å². The number of hydrogen-bond donors (Lipinski definition) is 1. The van der Waals surface area contributed by atoms with Gasteiger partial charge in [0.1, 0.15) is 5.69 Å². The first-order valence-corrected chi connectivity index (χ1v) is 9.35. The highest BCUT2D eigenvalue weighted by molar-refractivity contribution is 6.31. The predicted molar refractivity (Wildman–Crippen MR) is 108 cm³/mol. The van der Waals surface area contributed by atoms with Crippen molar-refractivity contribution >= 4 is 45.7 Å². The van der Waals surface area contributed by atoms with Gasteiger partial charge in [0, 0.05) is 52.8 Å². The maximum absolute atomic E-state index is 12.8. The number of aryl methyl sites for hydroxylation is 1. The Hall–Kier alpha value is -2.17. The molecule has 2 aromatic carbocycles. The maximum Gasteiger partial charge on any atom is 0.270 e. The normalized spacial score (nSPS) is 14.9. The molecule has 0 aliphatic carbocycles. The van der Waals surface area contributed by atoms with Gasteiger partial charge < -0.3 is 14.8 Å². The van der Waals surface area contributed by atoms with Crippen molar-refractivity contribution < 1.29 is 4.79 Å². The van der Waals surface area contributed by atoms with Crippen molar-refractivity contribution in [2.24, 2.45) is 0 Å². The molecule has 4 rings (SSSR count). The molecule has 1 aliphatic heterocycles. The standard InChI is InChI=1S/C20H19Cl2N3O/c1-13-2-3-16(22)12-19(13)24-6-8-25(9-7-24)20(26)18-11-14-10-15(21)4-5-17(14)23-18/h2-5,10-12,23H,6-9H2,1H3. The lowest BCUT2D eigenvalue weighted by Crippen LogP contribution is -2.49. The molecule has 0 bridgehead atoms. The summed E-state index contributed by atoms with van der Waals surface area (Å²) in [5.74, 6) is 0.0276. The number of aromatic amines is 1. The molecule has 134 valence electrons. The minimum absolute atomic E-state index is 0.0276. The number of piperazine rings is 1. The highest BCUT2D eigenvalue weighted by Crippen LogP contribution is 2.26. The molecule has 1 aliphatic rings. The fourth-order valence-corrected chi connectivity index (χ4v) is 3.81. The van der Waals surface area contributed by atoms with E-state index in [-0.39, 0.29) is 5.91 Å². The first-order chi connectivity index (χ1) is 12.5. The number of H-pyrrole nitrogens is 1. The number of nitrogens with zero attached hydrogens (tertiary/aromatic N) is 2. The van der Waals surface area contributed by atoms with E-state index in [1.54, 1.807) is 0 Å². The molecule has 0 atom stereocenters. The summed E-state index contributed by atoms with van der Waals surface area (Å²) in [5.41, 5.74) is 3.87. The summed E-state index contributed by atoms with van der Waals surface area (Å²) in [6.45, 7) is 5.03. The van der Waals surface area contributed by atoms with Crippen LogP contribution in [0.4, 0.5) is 5.69 Å². The first-order valence-electron chi connectivity index (χ1n) is 8.60. The summed E-state index contributed by atoms with van der Waals surface area (Å²) in [5, 5.41) is 2.36. The predicted octanol–water partition coefficient (Wildman–Crippen LogP) is 4.75. The highest BCUT2D eigenvalue weighted by Gasteiger charge is 2.24. The van der Waals surface area contributed by atoms with Crippen molar-refractivity contribution in [3.05, 3.63) is 63.8 Å². The lowest BCUT2D eigenvalue weighted by atomic mass is 10.1. The third-order valence-electron chi connectivity index (χ3n) is 4.89. The number of hydrogen-bond acceptors (Lipinski definition) is 2. The topological polar surface area (TPSA) is 39.3 Å². The van der Waals surface area contributed by atoms with Gasteiger partial charge in [0.2, 0.25) is 0 Å². The maximum atomic E-state index is 12.8. The highest BCUT2D eigenvalue weighted by atomic mass is 35.5. The molecule has 0 spiro atoms. The Morgan fingerprint density at radius 1 is 0.962 bits per heavy atom. The average molecular weight is 388 g/mol. The summed E-state index contributed by atoms with van der Waals surface area (Å²) in [6, 6.07) is 13.4. The lowest BCUT2D eigenvalue weighted by molar-refractivity contribution is 0.0742. The van der Waals surface area contributed by atoms with Crippen molar-refractivity contribution in [1.82, 2.24) is 9.88 Å². The van der Waals surface area contributed by atoms with Crippen LogP contribution < -0.4 is 4.90 Å². The Labute approximate surface area is 162 Å². The number of fused-ring (bicyclic) bond motifs is 1. The van der Waals surface area contributed by atoms with E-state index in [1.165, 1.54) is 5.56 Å². The van der Waals surface area contributed by atoms with Crippen LogP contribution in [0.25, 0.3) is 10.9 Å². The molecule has 4 nitrogen and oxygen atoms in total. The minimum atomic E-state index is 0.0276. The molecule has 0 unspecified atom stereocenters. The molecular formula is C20H19Cl2N3O. The smallest absolute Gasteiger partial charge is 0.270 e. The van der Waals surface area contributed by atoms with E-state index in [0.717, 1.165) is 34.7 Å². The van der Waals surface area contributed by atoms with Gasteiger partial charge in [0.15, 0.2) is 0 Å². The zero-order chi connectivity index (χ0) is 18.3. The molecular weight excluding hydrogens is 369 g/mol. The largest absolute Gasteiger partial charge is 0.368 e. The van der Waals surface area contributed by atoms with Crippen LogP contribution in [0.2, 0.25) is 10.0 Å². The van der Waals surface area contributed by atoms with Gasteiger partial charge in [0.25, 0.3) is 5.91 Å². The summed E-state index contributed by atoms with van der Waals surface area (Å²) in [6.07, 6.45) is 0. The summed E-state index contributed by atoms with van der Waals surface area (Å²) in [4.78, 5) is 20.2. The van der Waals surface area contributed by atoms with E-state index < -0.39 is 0 Å². The van der Waals surface area contributed by atoms with Gasteiger partial charge >= 0.3 is 0 Å². The van der Waals surface area contributed by atoms with Gasteiger partial charge in [0.05, 0.1) is 0 Å². The zero-order valence-corrected chi connectivity index (χ0v) is 15.9. The molecule has 26 heavy (non-hydrogen) atoms. The number of aromatic nitrogens is 1. The summed E-state index contributed by atoms with van der Waals surface area (Å²) < 4.78 is 0. The third kappa shape index (κ3) is 3.27. The van der Waals surface area contributed by atoms with Crippen molar-refractivity contribution in [3.8, 4) is 0 Å². The molecule has 0 saturated carbocycles. The van der Waals surface area contributed by atoms with Crippen molar-refractivity contribution in [2.75, 3.05) is 31.1 Å². The Bertz CT molecular complexity index is 974. The SMILES string of the molecule is Cc1ccc(Cl)cc1N1CCN(C(=O)c2cc3cc(Cl)ccc3[nH]2)CC1. The monoisotopic (exact) mass is 387 g/mol. The summed E-state index contributed by atoms with van der Waals surface area (Å²) >= 11 is 12.2. The number of halogens is 2. The Morgan fingerprint density at radius 3 is 2.42 bits per heavy atom. The number of carbonyl (C=O) groups is 1. The van der Waals surface area contributed by atoms with Crippen molar-refractivity contribution in [2.45, 2.75) is 6.92 Å². The minimum Gasteiger partial charge on any atom is -0.368 e. The van der Waals surface area contributed by atoms with Gasteiger partial charge in [-0.25, -0.2) is 0 Å². The number of rotatable bonds is 2. The van der Waals surface area contributed by atoms with E-state index in [4.69, 9.17) is 23.2 Å². The van der Waals surface area contributed by atoms with Gasteiger partial charge in [-0.1, -0.05) is 29.3 Å². The zero-order valence-electron chi connectivity index (χ0n) is 14.4. The van der Waals surface area contributed by atoms with Crippen LogP contribution in [-0.2, 0) is 0 Å². The number of carbonyl (C=O) groups excluding carboxylic acids is 1. The van der Waals surface area contributed by atoms with Crippen LogP contribution >= 0.6 is 23.2 Å². The second kappa shape index (κ2) is 6.86. The number of benzene rings is 2. The Balaban J connectivity index is 1.48. The van der Waals surface area contributed by atoms with E-state index >= 15 is 0 Å². The van der Waals surface area contributed by atoms with Crippen LogP contribution in [-0.4, -0.2) is 42.0 Å². The van der Waals surface area contributed by atoms with Gasteiger partial charge in [-0.05, 0) is 48.9 Å². The average Bonchev–Trinajstić information content (AvgIpc) is 3.06. The molecule has 1 saturated heterocycles. The van der Waals surface area contributed by atoms with Crippen LogP contribution in [0.3, 0.4) is 0 Å². The molecule has 1 fully saturated rings. The molecule has 2 heterocycles. The second-order valence-corrected chi connectivity index (χ2v) is 7.50. The number of anilines is 1. The lowest BCUT2D eigenvalue weighted by Gasteiger charge is -2.36. The fraction of sp³-hybridized carbons (Fsp3) is 0.250. The Kier molecular flexibility index (Phi) is 4.55. The third-order valence-corrected chi connectivity index (χ3v) is 5.36. The molecule has 3 aromatic rings. The Morgan fingerprint density at radius 2 is 1.65 bits per heavy atom. The quantitative estimate of drug-likeness (QED) is 0.689. The second-order valence-electron chi connectivity index (χ2n) is 6.62. The number of amides is 1. The van der Waals surface area contributed by atoms with Crippen LogP contribution in [0.5, 0.6) is 0 Å². The van der Waals surface area contributed by atoms with Crippen LogP contribution in [0.15, 0.2) is 42.5 Å². The van der Waals surface area contributed by atoms with E-state index in [0.29, 0.717) is 23.8 Å². The van der Waals surface area contributed by atoms with Gasteiger partial charge in [-0.3, -0.25) is 4.79 Å². The molecule has 6 heteroatoms. The first kappa shape index (κ1) is 17.3. The molecule has 1 N–H and O–H groups in total. The van der Waals surface area contributed by atoms with E-state index in [9.17, 15) is 4.79 Å². The van der Waals surface area contributed by atoms with E-state index in [1.807, 2.05) is 47.4 Å². The molecule has 0 radical (unpaired) electrons. The number of nitrogens with one attached hydrogen (secondary N) is 1. The van der Waals surface area contributed by atoms with Gasteiger partial charge in [-0.2, -0.15) is 0 Å². The summed E-state index contributed by atoms with van der Waals surface area (Å²) in [7, 11) is 0. The van der Waals surface area contributed by atoms with Crippen molar-refractivity contribution in [3.63, 3.8) is 0 Å².